The van der Waals surface area contributed by atoms with E-state index in [-0.39, 0.29) is 11.9 Å². The van der Waals surface area contributed by atoms with E-state index in [1.807, 2.05) is 0 Å². The van der Waals surface area contributed by atoms with Gasteiger partial charge in [-0.2, -0.15) is 4.98 Å². The van der Waals surface area contributed by atoms with Gasteiger partial charge in [-0.15, -0.1) is 11.3 Å². The van der Waals surface area contributed by atoms with E-state index in [9.17, 15) is 4.79 Å². The van der Waals surface area contributed by atoms with Crippen LogP contribution in [0.25, 0.3) is 0 Å². The number of aromatic nitrogens is 2. The second-order valence-electron chi connectivity index (χ2n) is 3.37. The maximum absolute atomic E-state index is 11.8. The summed E-state index contributed by atoms with van der Waals surface area (Å²) in [6, 6.07) is 1.75. The number of amides is 1. The van der Waals surface area contributed by atoms with Crippen LogP contribution in [0.4, 0.5) is 5.95 Å². The molecule has 0 aliphatic carbocycles. The van der Waals surface area contributed by atoms with Gasteiger partial charge in [0.1, 0.15) is 10.6 Å². The molecule has 1 amide bonds. The van der Waals surface area contributed by atoms with Gasteiger partial charge < -0.3 is 20.3 Å². The van der Waals surface area contributed by atoms with Crippen molar-refractivity contribution < 1.29 is 14.1 Å². The molecular weight excluding hydrogens is 256 g/mol. The lowest BCUT2D eigenvalue weighted by Gasteiger charge is -2.03. The summed E-state index contributed by atoms with van der Waals surface area (Å²) in [5, 5.41) is 7.99. The molecule has 2 aromatic rings. The Morgan fingerprint density at radius 1 is 1.67 bits per heavy atom. The highest BCUT2D eigenvalue weighted by Gasteiger charge is 2.13. The predicted octanol–water partition coefficient (Wildman–Crippen LogP) is 0.694. The SMILES string of the molecule is COc1ccsc1C(=O)NCCc1nc(N)no1. The molecule has 0 unspecified atom stereocenters. The Labute approximate surface area is 107 Å². The van der Waals surface area contributed by atoms with E-state index in [0.29, 0.717) is 29.5 Å². The van der Waals surface area contributed by atoms with Crippen LogP contribution in [0, 0.1) is 0 Å². The Kier molecular flexibility index (Phi) is 3.78. The Morgan fingerprint density at radius 3 is 3.17 bits per heavy atom. The normalized spacial score (nSPS) is 10.3. The zero-order chi connectivity index (χ0) is 13.0. The minimum Gasteiger partial charge on any atom is -0.495 e. The van der Waals surface area contributed by atoms with Crippen molar-refractivity contribution >= 4 is 23.2 Å². The molecule has 0 saturated heterocycles. The summed E-state index contributed by atoms with van der Waals surface area (Å²) in [6.45, 7) is 0.390. The Balaban J connectivity index is 1.85. The van der Waals surface area contributed by atoms with Crippen molar-refractivity contribution in [3.63, 3.8) is 0 Å². The highest BCUT2D eigenvalue weighted by Crippen LogP contribution is 2.23. The Hall–Kier alpha value is -2.09. The van der Waals surface area contributed by atoms with Gasteiger partial charge in [0.2, 0.25) is 5.89 Å². The molecule has 0 bridgehead atoms. The smallest absolute Gasteiger partial charge is 0.265 e. The number of ether oxygens (including phenoxy) is 1. The number of nitrogens with two attached hydrogens (primary N) is 1. The standard InChI is InChI=1S/C10H12N4O3S/c1-16-6-3-5-18-8(6)9(15)12-4-2-7-13-10(11)14-17-7/h3,5H,2,4H2,1H3,(H2,11,14)(H,12,15). The van der Waals surface area contributed by atoms with Crippen LogP contribution in [0.5, 0.6) is 5.75 Å². The van der Waals surface area contributed by atoms with Crippen LogP contribution in [-0.2, 0) is 6.42 Å². The van der Waals surface area contributed by atoms with Crippen LogP contribution in [0.2, 0.25) is 0 Å². The molecule has 0 aliphatic heterocycles. The van der Waals surface area contributed by atoms with E-state index in [4.69, 9.17) is 15.0 Å². The molecule has 8 heteroatoms. The van der Waals surface area contributed by atoms with Gasteiger partial charge in [0, 0.05) is 13.0 Å². The van der Waals surface area contributed by atoms with Crippen LogP contribution in [0.3, 0.4) is 0 Å². The van der Waals surface area contributed by atoms with Crippen molar-refractivity contribution in [2.75, 3.05) is 19.4 Å². The quantitative estimate of drug-likeness (QED) is 0.827. The topological polar surface area (TPSA) is 103 Å². The first kappa shape index (κ1) is 12.4. The van der Waals surface area contributed by atoms with Crippen LogP contribution in [-0.4, -0.2) is 29.7 Å². The number of methoxy groups -OCH3 is 1. The van der Waals surface area contributed by atoms with E-state index in [0.717, 1.165) is 0 Å². The summed E-state index contributed by atoms with van der Waals surface area (Å²) >= 11 is 1.32. The summed E-state index contributed by atoms with van der Waals surface area (Å²) in [5.41, 5.74) is 5.31. The number of hydrogen-bond donors (Lipinski definition) is 2. The summed E-state index contributed by atoms with van der Waals surface area (Å²) in [6.07, 6.45) is 0.434. The molecule has 0 fully saturated rings. The van der Waals surface area contributed by atoms with Crippen LogP contribution in [0.15, 0.2) is 16.0 Å². The third kappa shape index (κ3) is 2.77. The molecule has 96 valence electrons. The van der Waals surface area contributed by atoms with Crippen molar-refractivity contribution in [1.82, 2.24) is 15.5 Å². The number of carbonyl (C=O) groups is 1. The van der Waals surface area contributed by atoms with E-state index in [1.165, 1.54) is 18.4 Å². The van der Waals surface area contributed by atoms with E-state index >= 15 is 0 Å². The Morgan fingerprint density at radius 2 is 2.50 bits per heavy atom. The predicted molar refractivity (Wildman–Crippen MR) is 65.6 cm³/mol. The lowest BCUT2D eigenvalue weighted by atomic mass is 10.3. The fourth-order valence-electron chi connectivity index (χ4n) is 1.36. The molecule has 3 N–H and O–H groups in total. The highest BCUT2D eigenvalue weighted by atomic mass is 32.1. The molecule has 0 saturated carbocycles. The molecule has 0 spiro atoms. The van der Waals surface area contributed by atoms with Crippen molar-refractivity contribution in [2.45, 2.75) is 6.42 Å². The number of hydrogen-bond acceptors (Lipinski definition) is 7. The molecule has 0 radical (unpaired) electrons. The fourth-order valence-corrected chi connectivity index (χ4v) is 2.13. The van der Waals surface area contributed by atoms with Gasteiger partial charge >= 0.3 is 0 Å². The molecule has 2 aromatic heterocycles. The minimum absolute atomic E-state index is 0.0938. The molecular formula is C10H12N4O3S. The summed E-state index contributed by atoms with van der Waals surface area (Å²) in [7, 11) is 1.53. The first-order chi connectivity index (χ1) is 8.70. The molecule has 0 atom stereocenters. The maximum atomic E-state index is 11.8. The van der Waals surface area contributed by atoms with E-state index < -0.39 is 0 Å². The summed E-state index contributed by atoms with van der Waals surface area (Å²) in [4.78, 5) is 16.2. The van der Waals surface area contributed by atoms with Gasteiger partial charge in [0.15, 0.2) is 0 Å². The monoisotopic (exact) mass is 268 g/mol. The average molecular weight is 268 g/mol. The van der Waals surface area contributed by atoms with Crippen LogP contribution < -0.4 is 15.8 Å². The van der Waals surface area contributed by atoms with E-state index in [1.54, 1.807) is 11.4 Å². The van der Waals surface area contributed by atoms with Crippen molar-refractivity contribution in [3.05, 3.63) is 22.2 Å². The van der Waals surface area contributed by atoms with E-state index in [2.05, 4.69) is 15.5 Å². The van der Waals surface area contributed by atoms with Gasteiger partial charge in [-0.1, -0.05) is 0 Å². The molecule has 0 aliphatic rings. The number of thiophene rings is 1. The van der Waals surface area contributed by atoms with Crippen molar-refractivity contribution in [2.24, 2.45) is 0 Å². The summed E-state index contributed by atoms with van der Waals surface area (Å²) < 4.78 is 9.89. The number of nitrogens with zero attached hydrogens (tertiary/aromatic N) is 2. The highest BCUT2D eigenvalue weighted by molar-refractivity contribution is 7.12. The van der Waals surface area contributed by atoms with Crippen molar-refractivity contribution in [1.29, 1.82) is 0 Å². The molecule has 18 heavy (non-hydrogen) atoms. The molecule has 2 heterocycles. The minimum atomic E-state index is -0.186. The number of carbonyl (C=O) groups excluding carboxylic acids is 1. The lowest BCUT2D eigenvalue weighted by Crippen LogP contribution is -2.25. The maximum Gasteiger partial charge on any atom is 0.265 e. The van der Waals surface area contributed by atoms with Gasteiger partial charge in [-0.25, -0.2) is 0 Å². The van der Waals surface area contributed by atoms with Crippen LogP contribution in [0.1, 0.15) is 15.6 Å². The third-order valence-electron chi connectivity index (χ3n) is 2.16. The number of nitrogens with one attached hydrogen (secondary N) is 1. The summed E-state index contributed by atoms with van der Waals surface area (Å²) in [5.74, 6) is 0.871. The van der Waals surface area contributed by atoms with Gasteiger partial charge in [0.05, 0.1) is 7.11 Å². The average Bonchev–Trinajstić information content (AvgIpc) is 2.97. The van der Waals surface area contributed by atoms with Gasteiger partial charge in [0.25, 0.3) is 11.9 Å². The lowest BCUT2D eigenvalue weighted by molar-refractivity contribution is 0.0955. The van der Waals surface area contributed by atoms with Gasteiger partial charge in [-0.05, 0) is 16.6 Å². The first-order valence-electron chi connectivity index (χ1n) is 5.18. The third-order valence-corrected chi connectivity index (χ3v) is 3.06. The number of anilines is 1. The molecule has 0 aromatic carbocycles. The second kappa shape index (κ2) is 5.50. The van der Waals surface area contributed by atoms with Crippen molar-refractivity contribution in [3.8, 4) is 5.75 Å². The first-order valence-corrected chi connectivity index (χ1v) is 6.06. The largest absolute Gasteiger partial charge is 0.495 e. The number of nitrogen functional groups attached to an aromatic ring is 1. The zero-order valence-electron chi connectivity index (χ0n) is 9.67. The molecule has 7 nitrogen and oxygen atoms in total. The number of rotatable bonds is 5. The Bertz CT molecular complexity index is 537. The zero-order valence-corrected chi connectivity index (χ0v) is 10.5. The van der Waals surface area contributed by atoms with Crippen LogP contribution >= 0.6 is 11.3 Å². The second-order valence-corrected chi connectivity index (χ2v) is 4.29. The fraction of sp³-hybridized carbons (Fsp3) is 0.300. The van der Waals surface area contributed by atoms with Gasteiger partial charge in [-0.3, -0.25) is 4.79 Å². The molecule has 2 rings (SSSR count).